The molecule has 3 amide bonds. The van der Waals surface area contributed by atoms with Gasteiger partial charge in [0.2, 0.25) is 11.8 Å². The van der Waals surface area contributed by atoms with Crippen LogP contribution in [0, 0.1) is 0 Å². The average Bonchev–Trinajstić information content (AvgIpc) is 3.66. The maximum atomic E-state index is 13.6. The van der Waals surface area contributed by atoms with Crippen LogP contribution in [-0.4, -0.2) is 88.1 Å². The van der Waals surface area contributed by atoms with Crippen molar-refractivity contribution in [2.45, 2.75) is 64.3 Å². The lowest BCUT2D eigenvalue weighted by Crippen LogP contribution is -2.52. The van der Waals surface area contributed by atoms with Crippen molar-refractivity contribution in [3.63, 3.8) is 0 Å². The minimum Gasteiger partial charge on any atom is -0.494 e. The Hall–Kier alpha value is -4.36. The summed E-state index contributed by atoms with van der Waals surface area (Å²) in [5.74, 6) is -2.20. The summed E-state index contributed by atoms with van der Waals surface area (Å²) in [7, 11) is 0. The Morgan fingerprint density at radius 2 is 1.47 bits per heavy atom. The molecule has 0 unspecified atom stereocenters. The highest BCUT2D eigenvalue weighted by Gasteiger charge is 2.42. The molecule has 0 spiro atoms. The first-order valence-corrected chi connectivity index (χ1v) is 13.9. The van der Waals surface area contributed by atoms with Gasteiger partial charge in [0, 0.05) is 43.7 Å². The largest absolute Gasteiger partial charge is 0.494 e. The number of likely N-dealkylation sites (tertiary alicyclic amines) is 2. The summed E-state index contributed by atoms with van der Waals surface area (Å²) in [6, 6.07) is 7.73. The molecule has 11 nitrogen and oxygen atoms in total. The summed E-state index contributed by atoms with van der Waals surface area (Å²) in [4.78, 5) is 56.3. The number of carboxylic acid groups (broad SMARTS) is 1. The summed E-state index contributed by atoms with van der Waals surface area (Å²) < 4.78 is 43.0. The third-order valence-corrected chi connectivity index (χ3v) is 6.84. The molecule has 234 valence electrons. The van der Waals surface area contributed by atoms with Gasteiger partial charge >= 0.3 is 12.1 Å². The second kappa shape index (κ2) is 15.2. The van der Waals surface area contributed by atoms with Crippen LogP contribution < -0.4 is 14.8 Å². The van der Waals surface area contributed by atoms with Gasteiger partial charge in [-0.25, -0.2) is 4.79 Å². The quantitative estimate of drug-likeness (QED) is 0.442. The first-order valence-electron chi connectivity index (χ1n) is 13.9. The van der Waals surface area contributed by atoms with E-state index in [1.807, 2.05) is 26.0 Å². The fraction of sp³-hybridized carbons (Fsp3) is 0.483. The fourth-order valence-electron chi connectivity index (χ4n) is 4.93. The molecular weight excluding hydrogens is 573 g/mol. The molecule has 0 bridgehead atoms. The Morgan fingerprint density at radius 3 is 2.00 bits per heavy atom. The van der Waals surface area contributed by atoms with E-state index in [0.717, 1.165) is 18.4 Å². The van der Waals surface area contributed by atoms with Crippen molar-refractivity contribution in [1.82, 2.24) is 20.1 Å². The van der Waals surface area contributed by atoms with Crippen molar-refractivity contribution in [3.05, 3.63) is 53.9 Å². The number of benzene rings is 1. The van der Waals surface area contributed by atoms with Gasteiger partial charge in [-0.15, -0.1) is 0 Å². The smallest absolute Gasteiger partial charge is 0.490 e. The number of nitrogens with zero attached hydrogens (tertiary/aromatic N) is 3. The van der Waals surface area contributed by atoms with Gasteiger partial charge in [-0.05, 0) is 69.4 Å². The molecule has 2 atom stereocenters. The first-order chi connectivity index (χ1) is 20.5. The van der Waals surface area contributed by atoms with Gasteiger partial charge in [0.25, 0.3) is 5.91 Å². The van der Waals surface area contributed by atoms with Crippen molar-refractivity contribution in [2.75, 3.05) is 26.3 Å². The Bertz CT molecular complexity index is 1250. The normalized spacial score (nSPS) is 18.0. The predicted molar refractivity (Wildman–Crippen MR) is 147 cm³/mol. The highest BCUT2D eigenvalue weighted by atomic mass is 19.4. The molecule has 0 radical (unpaired) electrons. The SMILES string of the molecule is CCOc1cc(OCC)cc(C(=O)N2CCC[C@H]2C(=O)N2CCC[C@H]2C(=O)NCc2ccncc2)c1.O=C(O)C(F)(F)F. The van der Waals surface area contributed by atoms with Crippen LogP contribution in [0.25, 0.3) is 0 Å². The van der Waals surface area contributed by atoms with Crippen molar-refractivity contribution in [1.29, 1.82) is 0 Å². The van der Waals surface area contributed by atoms with E-state index < -0.39 is 24.2 Å². The lowest BCUT2D eigenvalue weighted by Gasteiger charge is -2.31. The van der Waals surface area contributed by atoms with Crippen molar-refractivity contribution < 1.29 is 46.9 Å². The van der Waals surface area contributed by atoms with Gasteiger partial charge in [0.1, 0.15) is 23.6 Å². The van der Waals surface area contributed by atoms with E-state index in [1.165, 1.54) is 0 Å². The molecule has 2 aromatic rings. The van der Waals surface area contributed by atoms with Gasteiger partial charge in [-0.2, -0.15) is 13.2 Å². The van der Waals surface area contributed by atoms with E-state index >= 15 is 0 Å². The number of hydrogen-bond donors (Lipinski definition) is 2. The second-order valence-corrected chi connectivity index (χ2v) is 9.78. The van der Waals surface area contributed by atoms with Gasteiger partial charge in [-0.1, -0.05) is 0 Å². The van der Waals surface area contributed by atoms with E-state index in [4.69, 9.17) is 19.4 Å². The molecule has 2 saturated heterocycles. The van der Waals surface area contributed by atoms with E-state index in [0.29, 0.717) is 62.8 Å². The number of alkyl halides is 3. The van der Waals surface area contributed by atoms with Crippen LogP contribution in [0.5, 0.6) is 11.5 Å². The molecule has 2 N–H and O–H groups in total. The average molecular weight is 609 g/mol. The van der Waals surface area contributed by atoms with Crippen LogP contribution in [-0.2, 0) is 20.9 Å². The number of rotatable bonds is 9. The summed E-state index contributed by atoms with van der Waals surface area (Å²) in [5, 5.41) is 10.1. The number of aliphatic carboxylic acids is 1. The van der Waals surface area contributed by atoms with Crippen LogP contribution >= 0.6 is 0 Å². The third-order valence-electron chi connectivity index (χ3n) is 6.84. The van der Waals surface area contributed by atoms with Crippen LogP contribution in [0.15, 0.2) is 42.7 Å². The molecule has 1 aromatic carbocycles. The molecule has 2 aliphatic rings. The number of pyridine rings is 1. The number of halogens is 3. The van der Waals surface area contributed by atoms with Crippen LogP contribution in [0.3, 0.4) is 0 Å². The van der Waals surface area contributed by atoms with Gasteiger partial charge in [-0.3, -0.25) is 19.4 Å². The minimum atomic E-state index is -5.08. The molecule has 2 aliphatic heterocycles. The number of carbonyl (C=O) groups excluding carboxylic acids is 3. The van der Waals surface area contributed by atoms with Crippen LogP contribution in [0.1, 0.15) is 55.5 Å². The Morgan fingerprint density at radius 1 is 0.930 bits per heavy atom. The van der Waals surface area contributed by atoms with E-state index in [1.54, 1.807) is 40.4 Å². The number of carboxylic acids is 1. The molecule has 0 aliphatic carbocycles. The van der Waals surface area contributed by atoms with E-state index in [9.17, 15) is 27.6 Å². The molecule has 1 aromatic heterocycles. The third kappa shape index (κ3) is 9.06. The molecule has 43 heavy (non-hydrogen) atoms. The van der Waals surface area contributed by atoms with Crippen molar-refractivity contribution in [2.24, 2.45) is 0 Å². The standard InChI is InChI=1S/C27H34N4O5.C2HF3O2/c1-3-35-21-15-20(16-22(17-21)36-4-2)26(33)31-14-6-8-24(31)27(34)30-13-5-7-23(30)25(32)29-18-19-9-11-28-12-10-19;3-2(4,5)1(6)7/h9-12,15-17,23-24H,3-8,13-14,18H2,1-2H3,(H,29,32);(H,6,7)/t23-,24-;/m0./s1. The van der Waals surface area contributed by atoms with Gasteiger partial charge in [0.05, 0.1) is 13.2 Å². The zero-order valence-corrected chi connectivity index (χ0v) is 23.9. The molecule has 3 heterocycles. The Balaban J connectivity index is 0.000000646. The van der Waals surface area contributed by atoms with Crippen molar-refractivity contribution in [3.8, 4) is 11.5 Å². The lowest BCUT2D eigenvalue weighted by atomic mass is 10.1. The maximum Gasteiger partial charge on any atom is 0.490 e. The highest BCUT2D eigenvalue weighted by molar-refractivity contribution is 5.99. The van der Waals surface area contributed by atoms with E-state index in [2.05, 4.69) is 10.3 Å². The summed E-state index contributed by atoms with van der Waals surface area (Å²) >= 11 is 0. The second-order valence-electron chi connectivity index (χ2n) is 9.78. The topological polar surface area (TPSA) is 138 Å². The lowest BCUT2D eigenvalue weighted by molar-refractivity contribution is -0.192. The number of hydrogen-bond acceptors (Lipinski definition) is 7. The highest BCUT2D eigenvalue weighted by Crippen LogP contribution is 2.29. The number of ether oxygens (including phenoxy) is 2. The number of amides is 3. The van der Waals surface area contributed by atoms with Crippen LogP contribution in [0.4, 0.5) is 13.2 Å². The molecular formula is C29H35F3N4O7. The van der Waals surface area contributed by atoms with Gasteiger partial charge < -0.3 is 29.7 Å². The van der Waals surface area contributed by atoms with Crippen LogP contribution in [0.2, 0.25) is 0 Å². The first kappa shape index (κ1) is 33.1. The maximum absolute atomic E-state index is 13.6. The summed E-state index contributed by atoms with van der Waals surface area (Å²) in [5.41, 5.74) is 1.37. The van der Waals surface area contributed by atoms with Crippen molar-refractivity contribution >= 4 is 23.7 Å². The molecule has 4 rings (SSSR count). The monoisotopic (exact) mass is 608 g/mol. The predicted octanol–water partition coefficient (Wildman–Crippen LogP) is 3.42. The Labute approximate surface area is 247 Å². The minimum absolute atomic E-state index is 0.159. The van der Waals surface area contributed by atoms with Gasteiger partial charge in [0.15, 0.2) is 0 Å². The molecule has 14 heteroatoms. The van der Waals surface area contributed by atoms with E-state index in [-0.39, 0.29) is 17.7 Å². The number of nitrogens with one attached hydrogen (secondary N) is 1. The Kier molecular flexibility index (Phi) is 11.7. The fourth-order valence-corrected chi connectivity index (χ4v) is 4.93. The molecule has 2 fully saturated rings. The molecule has 0 saturated carbocycles. The zero-order valence-electron chi connectivity index (χ0n) is 23.9. The summed E-state index contributed by atoms with van der Waals surface area (Å²) in [6.45, 7) is 6.07. The number of aromatic nitrogens is 1. The summed E-state index contributed by atoms with van der Waals surface area (Å²) in [6.07, 6.45) is 0.963. The number of carbonyl (C=O) groups is 4. The zero-order chi connectivity index (χ0) is 31.6.